The number of hydrogen-bond acceptors (Lipinski definition) is 2. The molecule has 1 aliphatic rings. The second-order valence-electron chi connectivity index (χ2n) is 5.43. The standard InChI is InChI=1S/C15H22N2O/c1-11-4-5-12(2)13(8-11)15(10-16)6-3-7-17-14(18)9-15/h4-5,8H,3,6-7,9-10,16H2,1-2H3,(H,17,18). The van der Waals surface area contributed by atoms with Crippen molar-refractivity contribution in [3.8, 4) is 0 Å². The number of hydrogen-bond donors (Lipinski definition) is 2. The van der Waals surface area contributed by atoms with Crippen LogP contribution in [0.4, 0.5) is 0 Å². The maximum absolute atomic E-state index is 11.9. The van der Waals surface area contributed by atoms with E-state index >= 15 is 0 Å². The molecule has 0 radical (unpaired) electrons. The Morgan fingerprint density at radius 3 is 2.89 bits per heavy atom. The molecule has 0 bridgehead atoms. The van der Waals surface area contributed by atoms with E-state index < -0.39 is 0 Å². The third-order valence-corrected chi connectivity index (χ3v) is 4.01. The molecule has 1 saturated heterocycles. The van der Waals surface area contributed by atoms with Crippen LogP contribution in [0, 0.1) is 13.8 Å². The largest absolute Gasteiger partial charge is 0.356 e. The van der Waals surface area contributed by atoms with E-state index in [2.05, 4.69) is 37.4 Å². The lowest BCUT2D eigenvalue weighted by molar-refractivity contribution is -0.121. The predicted octanol–water partition coefficient (Wildman–Crippen LogP) is 1.80. The van der Waals surface area contributed by atoms with Gasteiger partial charge in [-0.15, -0.1) is 0 Å². The number of nitrogens with one attached hydrogen (secondary N) is 1. The van der Waals surface area contributed by atoms with Crippen molar-refractivity contribution in [1.82, 2.24) is 5.32 Å². The molecule has 3 nitrogen and oxygen atoms in total. The molecule has 18 heavy (non-hydrogen) atoms. The molecule has 3 heteroatoms. The van der Waals surface area contributed by atoms with E-state index in [-0.39, 0.29) is 11.3 Å². The lowest BCUT2D eigenvalue weighted by Crippen LogP contribution is -2.38. The van der Waals surface area contributed by atoms with Gasteiger partial charge in [0, 0.05) is 24.9 Å². The second kappa shape index (κ2) is 5.11. The summed E-state index contributed by atoms with van der Waals surface area (Å²) in [6, 6.07) is 6.44. The minimum absolute atomic E-state index is 0.124. The number of carbonyl (C=O) groups is 1. The Balaban J connectivity index is 2.47. The Labute approximate surface area is 109 Å². The van der Waals surface area contributed by atoms with E-state index in [1.165, 1.54) is 16.7 Å². The molecule has 2 rings (SSSR count). The zero-order valence-electron chi connectivity index (χ0n) is 11.3. The fourth-order valence-electron chi connectivity index (χ4n) is 2.93. The Hall–Kier alpha value is -1.35. The molecule has 1 aromatic rings. The highest BCUT2D eigenvalue weighted by molar-refractivity contribution is 5.78. The second-order valence-corrected chi connectivity index (χ2v) is 5.43. The predicted molar refractivity (Wildman–Crippen MR) is 73.5 cm³/mol. The SMILES string of the molecule is Cc1ccc(C)c(C2(CN)CCCNC(=O)C2)c1. The number of nitrogens with two attached hydrogens (primary N) is 1. The van der Waals surface area contributed by atoms with E-state index in [1.54, 1.807) is 0 Å². The molecular weight excluding hydrogens is 224 g/mol. The van der Waals surface area contributed by atoms with Crippen LogP contribution in [-0.2, 0) is 10.2 Å². The van der Waals surface area contributed by atoms with Gasteiger partial charge in [0.25, 0.3) is 0 Å². The fourth-order valence-corrected chi connectivity index (χ4v) is 2.93. The highest BCUT2D eigenvalue weighted by atomic mass is 16.1. The molecule has 1 aromatic carbocycles. The lowest BCUT2D eigenvalue weighted by Gasteiger charge is -2.32. The number of amides is 1. The first kappa shape index (κ1) is 13.1. The molecule has 1 heterocycles. The maximum atomic E-state index is 11.9. The number of aryl methyl sites for hydroxylation is 2. The molecule has 1 amide bonds. The number of rotatable bonds is 2. The maximum Gasteiger partial charge on any atom is 0.220 e. The van der Waals surface area contributed by atoms with E-state index in [9.17, 15) is 4.79 Å². The van der Waals surface area contributed by atoms with Crippen molar-refractivity contribution in [2.45, 2.75) is 38.5 Å². The average Bonchev–Trinajstić information content (AvgIpc) is 2.55. The number of benzene rings is 1. The van der Waals surface area contributed by atoms with Crippen LogP contribution in [0.3, 0.4) is 0 Å². The van der Waals surface area contributed by atoms with Crippen molar-refractivity contribution in [3.05, 3.63) is 34.9 Å². The molecule has 98 valence electrons. The summed E-state index contributed by atoms with van der Waals surface area (Å²) in [5.41, 5.74) is 9.58. The summed E-state index contributed by atoms with van der Waals surface area (Å²) in [6.07, 6.45) is 2.48. The van der Waals surface area contributed by atoms with Crippen LogP contribution in [0.15, 0.2) is 18.2 Å². The Kier molecular flexibility index (Phi) is 3.71. The molecule has 0 saturated carbocycles. The van der Waals surface area contributed by atoms with Gasteiger partial charge in [-0.25, -0.2) is 0 Å². The van der Waals surface area contributed by atoms with Gasteiger partial charge in [0.05, 0.1) is 0 Å². The Morgan fingerprint density at radius 2 is 2.17 bits per heavy atom. The fraction of sp³-hybridized carbons (Fsp3) is 0.533. The zero-order chi connectivity index (χ0) is 13.2. The van der Waals surface area contributed by atoms with Crippen LogP contribution in [0.2, 0.25) is 0 Å². The Morgan fingerprint density at radius 1 is 1.39 bits per heavy atom. The molecule has 0 aromatic heterocycles. The van der Waals surface area contributed by atoms with Gasteiger partial charge in [-0.3, -0.25) is 4.79 Å². The highest BCUT2D eigenvalue weighted by Crippen LogP contribution is 2.36. The molecule has 0 aliphatic carbocycles. The van der Waals surface area contributed by atoms with E-state index in [1.807, 2.05) is 0 Å². The molecule has 0 spiro atoms. The van der Waals surface area contributed by atoms with Gasteiger partial charge in [0.2, 0.25) is 5.91 Å². The molecule has 1 fully saturated rings. The first-order chi connectivity index (χ1) is 8.57. The van der Waals surface area contributed by atoms with E-state index in [0.717, 1.165) is 19.4 Å². The van der Waals surface area contributed by atoms with E-state index in [4.69, 9.17) is 5.73 Å². The van der Waals surface area contributed by atoms with Crippen LogP contribution in [0.5, 0.6) is 0 Å². The average molecular weight is 246 g/mol. The van der Waals surface area contributed by atoms with Crippen molar-refractivity contribution in [2.75, 3.05) is 13.1 Å². The van der Waals surface area contributed by atoms with Crippen molar-refractivity contribution >= 4 is 5.91 Å². The van der Waals surface area contributed by atoms with Gasteiger partial charge < -0.3 is 11.1 Å². The van der Waals surface area contributed by atoms with Gasteiger partial charge in [-0.1, -0.05) is 23.8 Å². The van der Waals surface area contributed by atoms with Crippen LogP contribution in [0.1, 0.15) is 36.0 Å². The quantitative estimate of drug-likeness (QED) is 0.836. The topological polar surface area (TPSA) is 55.1 Å². The molecule has 1 aliphatic heterocycles. The van der Waals surface area contributed by atoms with Gasteiger partial charge in [0.1, 0.15) is 0 Å². The van der Waals surface area contributed by atoms with Crippen molar-refractivity contribution in [1.29, 1.82) is 0 Å². The number of carbonyl (C=O) groups excluding carboxylic acids is 1. The van der Waals surface area contributed by atoms with Crippen LogP contribution < -0.4 is 11.1 Å². The highest BCUT2D eigenvalue weighted by Gasteiger charge is 2.35. The van der Waals surface area contributed by atoms with Gasteiger partial charge in [-0.2, -0.15) is 0 Å². The summed E-state index contributed by atoms with van der Waals surface area (Å²) in [4.78, 5) is 11.9. The Bertz CT molecular complexity index is 456. The monoisotopic (exact) mass is 246 g/mol. The summed E-state index contributed by atoms with van der Waals surface area (Å²) in [5.74, 6) is 0.124. The first-order valence-electron chi connectivity index (χ1n) is 6.62. The first-order valence-corrected chi connectivity index (χ1v) is 6.62. The minimum Gasteiger partial charge on any atom is -0.356 e. The van der Waals surface area contributed by atoms with Gasteiger partial charge in [0.15, 0.2) is 0 Å². The minimum atomic E-state index is -0.184. The van der Waals surface area contributed by atoms with Crippen molar-refractivity contribution in [2.24, 2.45) is 5.73 Å². The summed E-state index contributed by atoms with van der Waals surface area (Å²) in [6.45, 7) is 5.50. The third-order valence-electron chi connectivity index (χ3n) is 4.01. The molecule has 1 atom stereocenters. The van der Waals surface area contributed by atoms with Crippen LogP contribution in [-0.4, -0.2) is 19.0 Å². The summed E-state index contributed by atoms with van der Waals surface area (Å²) in [7, 11) is 0. The van der Waals surface area contributed by atoms with Crippen LogP contribution >= 0.6 is 0 Å². The van der Waals surface area contributed by atoms with Crippen LogP contribution in [0.25, 0.3) is 0 Å². The van der Waals surface area contributed by atoms with E-state index in [0.29, 0.717) is 13.0 Å². The van der Waals surface area contributed by atoms with Crippen molar-refractivity contribution in [3.63, 3.8) is 0 Å². The smallest absolute Gasteiger partial charge is 0.220 e. The summed E-state index contributed by atoms with van der Waals surface area (Å²) in [5, 5.41) is 2.94. The van der Waals surface area contributed by atoms with Crippen molar-refractivity contribution < 1.29 is 4.79 Å². The normalized spacial score (nSPS) is 24.5. The third kappa shape index (κ3) is 2.41. The lowest BCUT2D eigenvalue weighted by atomic mass is 9.72. The molecule has 1 unspecified atom stereocenters. The van der Waals surface area contributed by atoms with Gasteiger partial charge >= 0.3 is 0 Å². The molecule has 3 N–H and O–H groups in total. The summed E-state index contributed by atoms with van der Waals surface area (Å²) < 4.78 is 0. The summed E-state index contributed by atoms with van der Waals surface area (Å²) >= 11 is 0. The molecular formula is C15H22N2O. The van der Waals surface area contributed by atoms with Gasteiger partial charge in [-0.05, 0) is 37.8 Å². The zero-order valence-corrected chi connectivity index (χ0v) is 11.3.